The number of hydrogen-bond donors (Lipinski definition) is 0. The van der Waals surface area contributed by atoms with E-state index in [1.165, 1.54) is 64.7 Å². The lowest BCUT2D eigenvalue weighted by atomic mass is 10.1. The van der Waals surface area contributed by atoms with Gasteiger partial charge in [0.1, 0.15) is 6.54 Å². The molecule has 0 atom stereocenters. The number of esters is 1. The summed E-state index contributed by atoms with van der Waals surface area (Å²) >= 11 is 0. The van der Waals surface area contributed by atoms with E-state index >= 15 is 0 Å². The Bertz CT molecular complexity index is 311. The topological polar surface area (TPSA) is 66.4 Å². The summed E-state index contributed by atoms with van der Waals surface area (Å²) in [5, 5.41) is 9.89. The zero-order valence-corrected chi connectivity index (χ0v) is 16.6. The summed E-state index contributed by atoms with van der Waals surface area (Å²) < 4.78 is 5.29. The molecule has 0 aliphatic rings. The van der Waals surface area contributed by atoms with Crippen molar-refractivity contribution < 1.29 is 23.9 Å². The fourth-order valence-electron chi connectivity index (χ4n) is 2.19. The molecule has 0 radical (unpaired) electrons. The monoisotopic (exact) mass is 345 g/mol. The number of aliphatic carboxylic acids is 1. The Morgan fingerprint density at radius 3 is 1.54 bits per heavy atom. The van der Waals surface area contributed by atoms with Crippen molar-refractivity contribution in [2.75, 3.05) is 34.3 Å². The molecule has 0 rings (SSSR count). The zero-order valence-electron chi connectivity index (χ0n) is 16.6. The van der Waals surface area contributed by atoms with E-state index in [4.69, 9.17) is 4.74 Å². The predicted octanol–water partition coefficient (Wildman–Crippen LogP) is 2.91. The minimum Gasteiger partial charge on any atom is -0.544 e. The maximum Gasteiger partial charge on any atom is 0.302 e. The molecule has 0 aliphatic heterocycles. The van der Waals surface area contributed by atoms with Crippen molar-refractivity contribution in [2.24, 2.45) is 0 Å². The number of carbonyl (C=O) groups is 2. The predicted molar refractivity (Wildman–Crippen MR) is 96.4 cm³/mol. The van der Waals surface area contributed by atoms with Crippen LogP contribution in [0.25, 0.3) is 0 Å². The van der Waals surface area contributed by atoms with E-state index in [0.29, 0.717) is 11.1 Å². The van der Waals surface area contributed by atoms with Gasteiger partial charge in [0.05, 0.1) is 33.7 Å². The fraction of sp³-hybridized carbons (Fsp3) is 0.895. The quantitative estimate of drug-likeness (QED) is 0.292. The molecule has 0 aromatic rings. The van der Waals surface area contributed by atoms with E-state index in [2.05, 4.69) is 6.92 Å². The Kier molecular flexibility index (Phi) is 17.5. The Hall–Kier alpha value is -1.10. The van der Waals surface area contributed by atoms with Gasteiger partial charge in [0, 0.05) is 6.92 Å². The van der Waals surface area contributed by atoms with Crippen LogP contribution >= 0.6 is 0 Å². The number of ether oxygens (including phenoxy) is 1. The molecule has 5 heteroatoms. The first-order chi connectivity index (χ1) is 11.2. The molecule has 0 saturated carbocycles. The maximum atomic E-state index is 10.5. The van der Waals surface area contributed by atoms with Crippen LogP contribution in [-0.2, 0) is 14.3 Å². The van der Waals surface area contributed by atoms with Crippen LogP contribution in [-0.4, -0.2) is 50.7 Å². The van der Waals surface area contributed by atoms with Crippen LogP contribution in [0.4, 0.5) is 0 Å². The number of hydrogen-bond acceptors (Lipinski definition) is 4. The summed E-state index contributed by atoms with van der Waals surface area (Å²) in [4.78, 5) is 20.4. The Morgan fingerprint density at radius 1 is 0.833 bits per heavy atom. The average Bonchev–Trinajstić information content (AvgIpc) is 2.42. The van der Waals surface area contributed by atoms with Gasteiger partial charge in [0.2, 0.25) is 0 Å². The van der Waals surface area contributed by atoms with Crippen molar-refractivity contribution in [1.82, 2.24) is 0 Å². The molecule has 24 heavy (non-hydrogen) atoms. The van der Waals surface area contributed by atoms with E-state index in [-0.39, 0.29) is 12.5 Å². The van der Waals surface area contributed by atoms with Crippen LogP contribution in [0.3, 0.4) is 0 Å². The molecule has 0 saturated heterocycles. The molecule has 0 fully saturated rings. The number of carbonyl (C=O) groups excluding carboxylic acids is 2. The van der Waals surface area contributed by atoms with Gasteiger partial charge >= 0.3 is 5.97 Å². The molecular formula is C19H39NO4. The number of carboxylic acid groups (broad SMARTS) is 1. The van der Waals surface area contributed by atoms with Crippen molar-refractivity contribution in [1.29, 1.82) is 0 Å². The Labute approximate surface area is 149 Å². The number of nitrogens with zero attached hydrogens (tertiary/aromatic N) is 1. The fourth-order valence-corrected chi connectivity index (χ4v) is 2.19. The van der Waals surface area contributed by atoms with Crippen molar-refractivity contribution in [2.45, 2.75) is 78.1 Å². The van der Waals surface area contributed by atoms with Crippen LogP contribution in [0.1, 0.15) is 78.1 Å². The molecule has 144 valence electrons. The summed E-state index contributed by atoms with van der Waals surface area (Å²) in [6.07, 6.45) is 13.1. The summed E-state index contributed by atoms with van der Waals surface area (Å²) in [7, 11) is 5.40. The molecular weight excluding hydrogens is 306 g/mol. The summed E-state index contributed by atoms with van der Waals surface area (Å²) in [5.41, 5.74) is 0. The van der Waals surface area contributed by atoms with Crippen LogP contribution < -0.4 is 5.11 Å². The van der Waals surface area contributed by atoms with E-state index < -0.39 is 5.97 Å². The van der Waals surface area contributed by atoms with Gasteiger partial charge in [-0.3, -0.25) is 4.79 Å². The SMILES string of the molecule is CCCCCCCCCCCCOC(C)=O.C[N+](C)(C)CC(=O)[O-]. The van der Waals surface area contributed by atoms with Crippen molar-refractivity contribution >= 4 is 11.9 Å². The third-order valence-corrected chi connectivity index (χ3v) is 3.41. The van der Waals surface area contributed by atoms with Crippen molar-refractivity contribution in [3.63, 3.8) is 0 Å². The first-order valence-corrected chi connectivity index (χ1v) is 9.32. The third kappa shape index (κ3) is 29.0. The molecule has 0 heterocycles. The Morgan fingerprint density at radius 2 is 1.25 bits per heavy atom. The minimum absolute atomic E-state index is 0.0694. The lowest BCUT2D eigenvalue weighted by Crippen LogP contribution is -2.45. The number of unbranched alkanes of at least 4 members (excludes halogenated alkanes) is 9. The number of rotatable bonds is 13. The first kappa shape index (κ1) is 25.1. The van der Waals surface area contributed by atoms with Gasteiger partial charge < -0.3 is 19.1 Å². The highest BCUT2D eigenvalue weighted by molar-refractivity contribution is 5.65. The molecule has 0 N–H and O–H groups in total. The molecule has 0 aromatic carbocycles. The highest BCUT2D eigenvalue weighted by Crippen LogP contribution is 2.10. The van der Waals surface area contributed by atoms with Crippen LogP contribution in [0, 0.1) is 0 Å². The van der Waals surface area contributed by atoms with Gasteiger partial charge in [-0.05, 0) is 6.42 Å². The van der Waals surface area contributed by atoms with Crippen LogP contribution in [0.2, 0.25) is 0 Å². The molecule has 0 bridgehead atoms. The van der Waals surface area contributed by atoms with Crippen molar-refractivity contribution in [3.8, 4) is 0 Å². The van der Waals surface area contributed by atoms with E-state index in [0.717, 1.165) is 6.42 Å². The lowest BCUT2D eigenvalue weighted by molar-refractivity contribution is -0.864. The van der Waals surface area contributed by atoms with Crippen LogP contribution in [0.5, 0.6) is 0 Å². The van der Waals surface area contributed by atoms with Gasteiger partial charge in [0.15, 0.2) is 0 Å². The normalized spacial score (nSPS) is 10.7. The smallest absolute Gasteiger partial charge is 0.302 e. The molecule has 0 unspecified atom stereocenters. The second-order valence-corrected chi connectivity index (χ2v) is 7.34. The summed E-state index contributed by atoms with van der Waals surface area (Å²) in [5.74, 6) is -1.16. The van der Waals surface area contributed by atoms with E-state index in [1.54, 1.807) is 21.1 Å². The van der Waals surface area contributed by atoms with Crippen molar-refractivity contribution in [3.05, 3.63) is 0 Å². The molecule has 0 aromatic heterocycles. The van der Waals surface area contributed by atoms with Gasteiger partial charge in [-0.25, -0.2) is 0 Å². The van der Waals surface area contributed by atoms with Gasteiger partial charge in [0.25, 0.3) is 0 Å². The number of quaternary nitrogens is 1. The third-order valence-electron chi connectivity index (χ3n) is 3.41. The average molecular weight is 346 g/mol. The van der Waals surface area contributed by atoms with E-state index in [9.17, 15) is 14.7 Å². The standard InChI is InChI=1S/C14H28O2.C5H11NO2/c1-3-4-5-6-7-8-9-10-11-12-13-16-14(2)15;1-6(2,3)4-5(7)8/h3-13H2,1-2H3;4H2,1-3H3. The second kappa shape index (κ2) is 16.7. The van der Waals surface area contributed by atoms with Gasteiger partial charge in [-0.15, -0.1) is 0 Å². The number of likely N-dealkylation sites (N-methyl/N-ethyl adjacent to an activating group) is 1. The minimum atomic E-state index is -1.00. The first-order valence-electron chi connectivity index (χ1n) is 9.32. The summed E-state index contributed by atoms with van der Waals surface area (Å²) in [6.45, 7) is 4.39. The summed E-state index contributed by atoms with van der Waals surface area (Å²) in [6, 6.07) is 0. The molecule has 5 nitrogen and oxygen atoms in total. The highest BCUT2D eigenvalue weighted by Gasteiger charge is 2.04. The highest BCUT2D eigenvalue weighted by atomic mass is 16.5. The van der Waals surface area contributed by atoms with Crippen LogP contribution in [0.15, 0.2) is 0 Å². The molecule has 0 aliphatic carbocycles. The van der Waals surface area contributed by atoms with Gasteiger partial charge in [-0.2, -0.15) is 0 Å². The van der Waals surface area contributed by atoms with Gasteiger partial charge in [-0.1, -0.05) is 64.7 Å². The van der Waals surface area contributed by atoms with E-state index in [1.807, 2.05) is 0 Å². The zero-order chi connectivity index (χ0) is 18.8. The second-order valence-electron chi connectivity index (χ2n) is 7.34. The lowest BCUT2D eigenvalue weighted by Gasteiger charge is -2.23. The maximum absolute atomic E-state index is 10.5. The Balaban J connectivity index is 0. The largest absolute Gasteiger partial charge is 0.544 e. The molecule has 0 spiro atoms. The molecule has 0 amide bonds. The number of carboxylic acids is 1.